The number of rotatable bonds is 7. The molecule has 2 aromatic rings. The van der Waals surface area contributed by atoms with Crippen molar-refractivity contribution < 1.29 is 4.74 Å². The van der Waals surface area contributed by atoms with Crippen LogP contribution in [0.4, 0.5) is 0 Å². The molecule has 3 nitrogen and oxygen atoms in total. The lowest BCUT2D eigenvalue weighted by molar-refractivity contribution is 0.0374. The molecule has 21 heavy (non-hydrogen) atoms. The van der Waals surface area contributed by atoms with Gasteiger partial charge in [-0.3, -0.25) is 4.90 Å². The van der Waals surface area contributed by atoms with Crippen molar-refractivity contribution in [1.82, 2.24) is 10.2 Å². The van der Waals surface area contributed by atoms with E-state index in [1.165, 1.54) is 16.2 Å². The summed E-state index contributed by atoms with van der Waals surface area (Å²) in [5.74, 6) is 0. The van der Waals surface area contributed by atoms with Gasteiger partial charge in [0.05, 0.1) is 19.3 Å². The van der Waals surface area contributed by atoms with Crippen LogP contribution in [0.3, 0.4) is 0 Å². The second-order valence-electron chi connectivity index (χ2n) is 5.23. The minimum atomic E-state index is 0.356. The second-order valence-corrected chi connectivity index (χ2v) is 7.18. The molecule has 0 aliphatic carbocycles. The molecule has 0 amide bonds. The quantitative estimate of drug-likeness (QED) is 0.792. The fourth-order valence-corrected chi connectivity index (χ4v) is 4.34. The molecule has 1 N–H and O–H groups in total. The molecule has 0 atom stereocenters. The van der Waals surface area contributed by atoms with Crippen molar-refractivity contribution >= 4 is 22.7 Å². The van der Waals surface area contributed by atoms with Crippen LogP contribution in [0.1, 0.15) is 22.2 Å². The third-order valence-electron chi connectivity index (χ3n) is 3.76. The van der Waals surface area contributed by atoms with Gasteiger partial charge < -0.3 is 10.1 Å². The summed E-state index contributed by atoms with van der Waals surface area (Å²) in [6.07, 6.45) is 1.19. The van der Waals surface area contributed by atoms with Crippen LogP contribution in [0.25, 0.3) is 0 Å². The number of hydrogen-bond donors (Lipinski definition) is 1. The molecule has 0 bridgehead atoms. The highest BCUT2D eigenvalue weighted by atomic mass is 32.1. The van der Waals surface area contributed by atoms with Crippen molar-refractivity contribution in [3.63, 3.8) is 0 Å². The van der Waals surface area contributed by atoms with Gasteiger partial charge in [0, 0.05) is 22.8 Å². The Balaban J connectivity index is 1.49. The summed E-state index contributed by atoms with van der Waals surface area (Å²) < 4.78 is 5.39. The Morgan fingerprint density at radius 2 is 1.76 bits per heavy atom. The molecule has 1 fully saturated rings. The number of nitrogens with one attached hydrogen (secondary N) is 1. The average molecular weight is 322 g/mol. The highest BCUT2D eigenvalue weighted by Crippen LogP contribution is 2.28. The molecule has 0 spiro atoms. The average Bonchev–Trinajstić information content (AvgIpc) is 3.22. The number of hydrogen-bond acceptors (Lipinski definition) is 5. The van der Waals surface area contributed by atoms with Crippen molar-refractivity contribution in [1.29, 1.82) is 0 Å². The summed E-state index contributed by atoms with van der Waals surface area (Å²) in [7, 11) is 0. The first-order valence-electron chi connectivity index (χ1n) is 7.54. The fourth-order valence-electron chi connectivity index (χ4n) is 2.63. The summed E-state index contributed by atoms with van der Waals surface area (Å²) in [6, 6.07) is 9.08. The number of morpholine rings is 1. The predicted octanol–water partition coefficient (Wildman–Crippen LogP) is 3.21. The minimum Gasteiger partial charge on any atom is -0.379 e. The zero-order valence-electron chi connectivity index (χ0n) is 12.2. The van der Waals surface area contributed by atoms with Gasteiger partial charge in [-0.05, 0) is 42.4 Å². The Hall–Kier alpha value is -0.720. The molecule has 1 saturated heterocycles. The van der Waals surface area contributed by atoms with Gasteiger partial charge in [0.2, 0.25) is 0 Å². The summed E-state index contributed by atoms with van der Waals surface area (Å²) >= 11 is 3.67. The van der Waals surface area contributed by atoms with E-state index in [0.29, 0.717) is 6.04 Å². The predicted molar refractivity (Wildman–Crippen MR) is 90.4 cm³/mol. The molecule has 1 aliphatic heterocycles. The van der Waals surface area contributed by atoms with Crippen LogP contribution in [0.2, 0.25) is 0 Å². The first kappa shape index (κ1) is 15.2. The van der Waals surface area contributed by atoms with E-state index in [4.69, 9.17) is 4.74 Å². The lowest BCUT2D eigenvalue weighted by Gasteiger charge is -2.26. The second kappa shape index (κ2) is 8.06. The normalized spacial score (nSPS) is 16.6. The van der Waals surface area contributed by atoms with Crippen molar-refractivity contribution in [3.05, 3.63) is 44.8 Å². The molecule has 3 heterocycles. The molecular formula is C16H22N2OS2. The maximum atomic E-state index is 5.39. The van der Waals surface area contributed by atoms with Crippen LogP contribution < -0.4 is 5.32 Å². The fraction of sp³-hybridized carbons (Fsp3) is 0.500. The molecular weight excluding hydrogens is 300 g/mol. The van der Waals surface area contributed by atoms with Gasteiger partial charge >= 0.3 is 0 Å². The molecule has 0 radical (unpaired) electrons. The van der Waals surface area contributed by atoms with Gasteiger partial charge in [-0.1, -0.05) is 12.1 Å². The zero-order valence-corrected chi connectivity index (χ0v) is 13.8. The third kappa shape index (κ3) is 4.37. The SMILES string of the molecule is c1csc(C(NCCCN2CCOCC2)c2cccs2)c1. The van der Waals surface area contributed by atoms with Crippen LogP contribution in [-0.2, 0) is 4.74 Å². The van der Waals surface area contributed by atoms with Gasteiger partial charge in [0.15, 0.2) is 0 Å². The van der Waals surface area contributed by atoms with E-state index in [1.807, 2.05) is 22.7 Å². The molecule has 0 saturated carbocycles. The van der Waals surface area contributed by atoms with Gasteiger partial charge in [-0.15, -0.1) is 22.7 Å². The topological polar surface area (TPSA) is 24.5 Å². The number of thiophene rings is 2. The van der Waals surface area contributed by atoms with E-state index in [0.717, 1.165) is 39.4 Å². The lowest BCUT2D eigenvalue weighted by atomic mass is 10.2. The molecule has 1 aliphatic rings. The van der Waals surface area contributed by atoms with Gasteiger partial charge in [-0.25, -0.2) is 0 Å². The number of nitrogens with zero attached hydrogens (tertiary/aromatic N) is 1. The monoisotopic (exact) mass is 322 g/mol. The standard InChI is InChI=1S/C16H22N2OS2/c1-4-14(20-12-1)16(15-5-2-13-21-15)17-6-3-7-18-8-10-19-11-9-18/h1-2,4-5,12-13,16-17H,3,6-11H2. The van der Waals surface area contributed by atoms with Gasteiger partial charge in [0.25, 0.3) is 0 Å². The largest absolute Gasteiger partial charge is 0.379 e. The molecule has 114 valence electrons. The molecule has 0 unspecified atom stereocenters. The van der Waals surface area contributed by atoms with Crippen LogP contribution in [0, 0.1) is 0 Å². The Labute approximate surface area is 134 Å². The van der Waals surface area contributed by atoms with Crippen LogP contribution in [-0.4, -0.2) is 44.3 Å². The Bertz CT molecular complexity index is 458. The Morgan fingerprint density at radius 3 is 2.33 bits per heavy atom. The molecule has 0 aromatic carbocycles. The smallest absolute Gasteiger partial charge is 0.0764 e. The van der Waals surface area contributed by atoms with Crippen LogP contribution in [0.15, 0.2) is 35.0 Å². The molecule has 5 heteroatoms. The summed E-state index contributed by atoms with van der Waals surface area (Å²) in [4.78, 5) is 5.31. The van der Waals surface area contributed by atoms with Gasteiger partial charge in [0.1, 0.15) is 0 Å². The van der Waals surface area contributed by atoms with E-state index >= 15 is 0 Å². The summed E-state index contributed by atoms with van der Waals surface area (Å²) in [6.45, 7) is 6.16. The lowest BCUT2D eigenvalue weighted by Crippen LogP contribution is -2.38. The molecule has 2 aromatic heterocycles. The summed E-state index contributed by atoms with van der Waals surface area (Å²) in [5.41, 5.74) is 0. The highest BCUT2D eigenvalue weighted by molar-refractivity contribution is 7.11. The van der Waals surface area contributed by atoms with Crippen molar-refractivity contribution in [2.24, 2.45) is 0 Å². The summed E-state index contributed by atoms with van der Waals surface area (Å²) in [5, 5.41) is 8.04. The van der Waals surface area contributed by atoms with E-state index in [1.54, 1.807) is 0 Å². The van der Waals surface area contributed by atoms with E-state index < -0.39 is 0 Å². The minimum absolute atomic E-state index is 0.356. The van der Waals surface area contributed by atoms with E-state index in [9.17, 15) is 0 Å². The first-order chi connectivity index (χ1) is 10.4. The van der Waals surface area contributed by atoms with E-state index in [-0.39, 0.29) is 0 Å². The number of ether oxygens (including phenoxy) is 1. The van der Waals surface area contributed by atoms with Gasteiger partial charge in [-0.2, -0.15) is 0 Å². The van der Waals surface area contributed by atoms with Crippen LogP contribution in [0.5, 0.6) is 0 Å². The van der Waals surface area contributed by atoms with Crippen molar-refractivity contribution in [2.75, 3.05) is 39.4 Å². The maximum Gasteiger partial charge on any atom is 0.0764 e. The Kier molecular flexibility index (Phi) is 5.83. The highest BCUT2D eigenvalue weighted by Gasteiger charge is 2.15. The van der Waals surface area contributed by atoms with Crippen molar-refractivity contribution in [2.45, 2.75) is 12.5 Å². The first-order valence-corrected chi connectivity index (χ1v) is 9.30. The van der Waals surface area contributed by atoms with Crippen molar-refractivity contribution in [3.8, 4) is 0 Å². The zero-order chi connectivity index (χ0) is 14.3. The van der Waals surface area contributed by atoms with Crippen LogP contribution >= 0.6 is 22.7 Å². The van der Waals surface area contributed by atoms with E-state index in [2.05, 4.69) is 45.2 Å². The molecule has 3 rings (SSSR count). The maximum absolute atomic E-state index is 5.39. The Morgan fingerprint density at radius 1 is 1.10 bits per heavy atom. The third-order valence-corrected chi connectivity index (χ3v) is 5.63.